The standard InChI is InChI=1S/C12H16N6O4S2/c13-5(11(19)20)1-7-9(17-3-15-7)23-24-10-8(16-4-18-10)2-6(14)12(21)22/h3-6H,1-2,13-14H2,(H,15,17)(H,16,18)(H,19,20)(H,21,22). The summed E-state index contributed by atoms with van der Waals surface area (Å²) >= 11 is 0. The monoisotopic (exact) mass is 372 g/mol. The molecule has 2 aromatic rings. The van der Waals surface area contributed by atoms with Crippen LogP contribution in [0.4, 0.5) is 0 Å². The molecule has 0 fully saturated rings. The van der Waals surface area contributed by atoms with Crippen molar-refractivity contribution >= 4 is 33.5 Å². The minimum atomic E-state index is -1.09. The summed E-state index contributed by atoms with van der Waals surface area (Å²) in [5, 5.41) is 18.9. The normalized spacial score (nSPS) is 13.6. The van der Waals surface area contributed by atoms with Crippen LogP contribution < -0.4 is 11.5 Å². The van der Waals surface area contributed by atoms with Crippen LogP contribution in [0.3, 0.4) is 0 Å². The first-order chi connectivity index (χ1) is 11.4. The zero-order valence-electron chi connectivity index (χ0n) is 12.3. The topological polar surface area (TPSA) is 184 Å². The van der Waals surface area contributed by atoms with Crippen LogP contribution in [0.2, 0.25) is 0 Å². The first-order valence-electron chi connectivity index (χ1n) is 6.74. The van der Waals surface area contributed by atoms with E-state index in [0.29, 0.717) is 21.4 Å². The Morgan fingerprint density at radius 1 is 0.958 bits per heavy atom. The van der Waals surface area contributed by atoms with Gasteiger partial charge in [-0.1, -0.05) is 0 Å². The van der Waals surface area contributed by atoms with Gasteiger partial charge in [0.1, 0.15) is 22.1 Å². The number of hydrogen-bond donors (Lipinski definition) is 6. The molecule has 0 aromatic carbocycles. The number of carbonyl (C=O) groups is 2. The smallest absolute Gasteiger partial charge is 0.320 e. The number of carboxylic acid groups (broad SMARTS) is 2. The lowest BCUT2D eigenvalue weighted by Gasteiger charge is -2.07. The quantitative estimate of drug-likeness (QED) is 0.323. The largest absolute Gasteiger partial charge is 0.480 e. The van der Waals surface area contributed by atoms with Crippen LogP contribution in [0.1, 0.15) is 11.4 Å². The molecule has 8 N–H and O–H groups in total. The van der Waals surface area contributed by atoms with E-state index < -0.39 is 24.0 Å². The van der Waals surface area contributed by atoms with Crippen molar-refractivity contribution < 1.29 is 19.8 Å². The Morgan fingerprint density at radius 3 is 1.67 bits per heavy atom. The van der Waals surface area contributed by atoms with Crippen molar-refractivity contribution in [3.05, 3.63) is 24.0 Å². The molecule has 24 heavy (non-hydrogen) atoms. The number of H-pyrrole nitrogens is 2. The van der Waals surface area contributed by atoms with Crippen molar-refractivity contribution in [3.8, 4) is 0 Å². The number of nitrogens with two attached hydrogens (primary N) is 2. The minimum absolute atomic E-state index is 0.121. The SMILES string of the molecule is NC(Cc1[nH]cnc1SSc1nc[nH]c1CC(N)C(=O)O)C(=O)O. The Balaban J connectivity index is 2.00. The molecule has 0 bridgehead atoms. The van der Waals surface area contributed by atoms with Crippen molar-refractivity contribution in [1.29, 1.82) is 0 Å². The van der Waals surface area contributed by atoms with Gasteiger partial charge in [0, 0.05) is 12.8 Å². The molecule has 0 saturated heterocycles. The van der Waals surface area contributed by atoms with E-state index in [2.05, 4.69) is 19.9 Å². The van der Waals surface area contributed by atoms with Crippen molar-refractivity contribution in [2.24, 2.45) is 11.5 Å². The maximum absolute atomic E-state index is 10.8. The minimum Gasteiger partial charge on any atom is -0.480 e. The Labute approximate surface area is 144 Å². The summed E-state index contributed by atoms with van der Waals surface area (Å²) in [7, 11) is 2.54. The number of aromatic amines is 2. The Hall–Kier alpha value is -2.02. The van der Waals surface area contributed by atoms with Gasteiger partial charge in [-0.2, -0.15) is 0 Å². The van der Waals surface area contributed by atoms with Crippen LogP contribution >= 0.6 is 21.6 Å². The van der Waals surface area contributed by atoms with Gasteiger partial charge >= 0.3 is 11.9 Å². The molecule has 2 aromatic heterocycles. The summed E-state index contributed by atoms with van der Waals surface area (Å²) in [5.41, 5.74) is 12.3. The summed E-state index contributed by atoms with van der Waals surface area (Å²) in [6, 6.07) is -2.05. The molecule has 130 valence electrons. The predicted molar refractivity (Wildman–Crippen MR) is 87.5 cm³/mol. The molecule has 0 radical (unpaired) electrons. The van der Waals surface area contributed by atoms with E-state index in [9.17, 15) is 9.59 Å². The number of carboxylic acids is 2. The second-order valence-corrected chi connectivity index (χ2v) is 6.94. The summed E-state index contributed by atoms with van der Waals surface area (Å²) < 4.78 is 0. The molecule has 2 rings (SSSR count). The first-order valence-corrected chi connectivity index (χ1v) is 8.89. The summed E-state index contributed by atoms with van der Waals surface area (Å²) in [6.07, 6.45) is 3.16. The van der Waals surface area contributed by atoms with Crippen LogP contribution in [0.15, 0.2) is 22.7 Å². The van der Waals surface area contributed by atoms with Crippen LogP contribution in [0.5, 0.6) is 0 Å². The molecular formula is C12H16N6O4S2. The van der Waals surface area contributed by atoms with E-state index in [4.69, 9.17) is 21.7 Å². The number of nitrogens with zero attached hydrogens (tertiary/aromatic N) is 2. The van der Waals surface area contributed by atoms with Gasteiger partial charge in [0.25, 0.3) is 0 Å². The molecule has 0 spiro atoms. The second kappa shape index (κ2) is 8.19. The molecule has 10 nitrogen and oxygen atoms in total. The van der Waals surface area contributed by atoms with E-state index >= 15 is 0 Å². The van der Waals surface area contributed by atoms with E-state index in [0.717, 1.165) is 0 Å². The third-order valence-corrected chi connectivity index (χ3v) is 5.34. The highest BCUT2D eigenvalue weighted by Gasteiger charge is 2.19. The lowest BCUT2D eigenvalue weighted by atomic mass is 10.2. The molecule has 0 aliphatic heterocycles. The third kappa shape index (κ3) is 4.74. The Bertz CT molecular complexity index is 658. The maximum Gasteiger partial charge on any atom is 0.320 e. The summed E-state index contributed by atoms with van der Waals surface area (Å²) in [5.74, 6) is -2.18. The molecule has 0 aliphatic rings. The van der Waals surface area contributed by atoms with Gasteiger partial charge in [-0.3, -0.25) is 9.59 Å². The molecule has 0 saturated carbocycles. The van der Waals surface area contributed by atoms with Gasteiger partial charge in [0.05, 0.1) is 24.0 Å². The fraction of sp³-hybridized carbons (Fsp3) is 0.333. The van der Waals surface area contributed by atoms with Crippen LogP contribution in [0.25, 0.3) is 0 Å². The average molecular weight is 372 g/mol. The molecule has 2 atom stereocenters. The molecule has 2 heterocycles. The van der Waals surface area contributed by atoms with Crippen molar-refractivity contribution in [3.63, 3.8) is 0 Å². The Morgan fingerprint density at radius 2 is 1.33 bits per heavy atom. The van der Waals surface area contributed by atoms with E-state index in [1.54, 1.807) is 0 Å². The highest BCUT2D eigenvalue weighted by atomic mass is 33.1. The van der Waals surface area contributed by atoms with Gasteiger partial charge in [-0.25, -0.2) is 9.97 Å². The zero-order chi connectivity index (χ0) is 17.7. The van der Waals surface area contributed by atoms with Gasteiger partial charge in [0.2, 0.25) is 0 Å². The zero-order valence-corrected chi connectivity index (χ0v) is 13.9. The van der Waals surface area contributed by atoms with Crippen molar-refractivity contribution in [2.75, 3.05) is 0 Å². The van der Waals surface area contributed by atoms with Gasteiger partial charge in [0.15, 0.2) is 0 Å². The summed E-state index contributed by atoms with van der Waals surface area (Å²) in [4.78, 5) is 35.7. The molecule has 0 aliphatic carbocycles. The molecule has 12 heteroatoms. The molecular weight excluding hydrogens is 356 g/mol. The highest BCUT2D eigenvalue weighted by Crippen LogP contribution is 2.38. The van der Waals surface area contributed by atoms with E-state index in [1.165, 1.54) is 34.2 Å². The lowest BCUT2D eigenvalue weighted by molar-refractivity contribution is -0.139. The summed E-state index contributed by atoms with van der Waals surface area (Å²) in [6.45, 7) is 0. The van der Waals surface area contributed by atoms with Gasteiger partial charge in [-0.05, 0) is 21.6 Å². The fourth-order valence-electron chi connectivity index (χ4n) is 1.75. The molecule has 0 amide bonds. The molecule has 2 unspecified atom stereocenters. The highest BCUT2D eigenvalue weighted by molar-refractivity contribution is 8.76. The average Bonchev–Trinajstić information content (AvgIpc) is 3.14. The van der Waals surface area contributed by atoms with Gasteiger partial charge in [-0.15, -0.1) is 0 Å². The number of aromatic nitrogens is 4. The van der Waals surface area contributed by atoms with E-state index in [-0.39, 0.29) is 12.8 Å². The first kappa shape index (κ1) is 18.3. The van der Waals surface area contributed by atoms with Crippen LogP contribution in [0, 0.1) is 0 Å². The third-order valence-electron chi connectivity index (χ3n) is 3.04. The Kier molecular flexibility index (Phi) is 6.25. The number of aliphatic carboxylic acids is 2. The number of nitrogens with one attached hydrogen (secondary N) is 2. The number of imidazole rings is 2. The lowest BCUT2D eigenvalue weighted by Crippen LogP contribution is -2.32. The van der Waals surface area contributed by atoms with Crippen LogP contribution in [-0.4, -0.2) is 54.2 Å². The van der Waals surface area contributed by atoms with E-state index in [1.807, 2.05) is 0 Å². The van der Waals surface area contributed by atoms with Crippen molar-refractivity contribution in [2.45, 2.75) is 35.0 Å². The number of hydrogen-bond acceptors (Lipinski definition) is 8. The maximum atomic E-state index is 10.8. The van der Waals surface area contributed by atoms with Gasteiger partial charge < -0.3 is 31.6 Å². The second-order valence-electron chi connectivity index (χ2n) is 4.84. The van der Waals surface area contributed by atoms with Crippen molar-refractivity contribution in [1.82, 2.24) is 19.9 Å². The fourth-order valence-corrected chi connectivity index (χ4v) is 3.92. The van der Waals surface area contributed by atoms with Crippen LogP contribution in [-0.2, 0) is 22.4 Å². The predicted octanol–water partition coefficient (Wildman–Crippen LogP) is -0.159. The number of rotatable bonds is 9.